The topological polar surface area (TPSA) is 62.6 Å². The molecule has 3 fully saturated rings. The third-order valence-electron chi connectivity index (χ3n) is 5.05. The van der Waals surface area contributed by atoms with Crippen LogP contribution in [0, 0.1) is 5.92 Å². The lowest BCUT2D eigenvalue weighted by Gasteiger charge is -2.26. The van der Waals surface area contributed by atoms with Gasteiger partial charge in [0.05, 0.1) is 0 Å². The van der Waals surface area contributed by atoms with Gasteiger partial charge in [0, 0.05) is 23.5 Å². The van der Waals surface area contributed by atoms with Gasteiger partial charge in [-0.15, -0.1) is 0 Å². The first-order valence-electron chi connectivity index (χ1n) is 8.23. The Morgan fingerprint density at radius 1 is 1.26 bits per heavy atom. The number of hydrogen-bond donors (Lipinski definition) is 1. The van der Waals surface area contributed by atoms with E-state index in [4.69, 9.17) is 4.42 Å². The quantitative estimate of drug-likeness (QED) is 0.884. The minimum absolute atomic E-state index is 0.0479. The minimum atomic E-state index is -0.0479. The first-order chi connectivity index (χ1) is 11.2. The number of furan rings is 1. The fourth-order valence-corrected chi connectivity index (χ4v) is 3.83. The van der Waals surface area contributed by atoms with Gasteiger partial charge in [-0.05, 0) is 62.5 Å². The molecule has 1 amide bonds. The van der Waals surface area contributed by atoms with Crippen LogP contribution in [0.15, 0.2) is 28.7 Å². The van der Waals surface area contributed by atoms with Crippen molar-refractivity contribution in [1.29, 1.82) is 0 Å². The molecule has 3 aliphatic heterocycles. The maximum atomic E-state index is 12.5. The summed E-state index contributed by atoms with van der Waals surface area (Å²) in [7, 11) is 0. The number of rotatable bonds is 3. The van der Waals surface area contributed by atoms with Gasteiger partial charge in [-0.1, -0.05) is 0 Å². The number of nitrogens with zero attached hydrogens (tertiary/aromatic N) is 1. The van der Waals surface area contributed by atoms with Crippen LogP contribution in [-0.4, -0.2) is 42.8 Å². The Bertz CT molecular complexity index is 730. The SMILES string of the molecule is O=Cc1cc2cc(C(=O)NC3CC4CCN(CC4)C3)ccc2o1. The van der Waals surface area contributed by atoms with Crippen LogP contribution >= 0.6 is 0 Å². The number of piperidine rings is 1. The van der Waals surface area contributed by atoms with E-state index in [1.807, 2.05) is 0 Å². The molecular formula is C18H20N2O3. The third-order valence-corrected chi connectivity index (χ3v) is 5.05. The Labute approximate surface area is 134 Å². The van der Waals surface area contributed by atoms with Gasteiger partial charge in [0.15, 0.2) is 12.0 Å². The smallest absolute Gasteiger partial charge is 0.251 e. The molecule has 0 spiro atoms. The molecule has 0 aliphatic carbocycles. The molecular weight excluding hydrogens is 292 g/mol. The Kier molecular flexibility index (Phi) is 3.65. The highest BCUT2D eigenvalue weighted by atomic mass is 16.3. The van der Waals surface area contributed by atoms with Crippen molar-refractivity contribution in [1.82, 2.24) is 10.2 Å². The van der Waals surface area contributed by atoms with Crippen molar-refractivity contribution in [3.05, 3.63) is 35.6 Å². The van der Waals surface area contributed by atoms with Crippen molar-refractivity contribution >= 4 is 23.2 Å². The molecule has 2 aromatic rings. The number of fused-ring (bicyclic) bond motifs is 5. The standard InChI is InChI=1S/C18H20N2O3/c21-11-16-9-14-8-13(1-2-17(14)23-16)18(22)19-15-7-12-3-5-20(10-15)6-4-12/h1-2,8-9,11-12,15H,3-7,10H2,(H,19,22). The van der Waals surface area contributed by atoms with Gasteiger partial charge in [0.1, 0.15) is 5.58 Å². The highest BCUT2D eigenvalue weighted by molar-refractivity contribution is 5.98. The second kappa shape index (κ2) is 5.81. The van der Waals surface area contributed by atoms with Gasteiger partial charge in [-0.3, -0.25) is 9.59 Å². The van der Waals surface area contributed by atoms with E-state index in [0.717, 1.165) is 37.4 Å². The predicted octanol–water partition coefficient (Wildman–Crippen LogP) is 2.46. The molecule has 5 heteroatoms. The molecule has 1 unspecified atom stereocenters. The highest BCUT2D eigenvalue weighted by Gasteiger charge is 2.29. The van der Waals surface area contributed by atoms with E-state index in [-0.39, 0.29) is 17.7 Å². The summed E-state index contributed by atoms with van der Waals surface area (Å²) in [5.41, 5.74) is 1.24. The predicted molar refractivity (Wildman–Crippen MR) is 86.6 cm³/mol. The van der Waals surface area contributed by atoms with Crippen molar-refractivity contribution < 1.29 is 14.0 Å². The average Bonchev–Trinajstić information content (AvgIpc) is 2.77. The molecule has 23 heavy (non-hydrogen) atoms. The first kappa shape index (κ1) is 14.5. The van der Waals surface area contributed by atoms with Gasteiger partial charge < -0.3 is 14.6 Å². The number of hydrogen-bond acceptors (Lipinski definition) is 4. The van der Waals surface area contributed by atoms with E-state index in [1.54, 1.807) is 24.3 Å². The van der Waals surface area contributed by atoms with Crippen molar-refractivity contribution in [2.45, 2.75) is 25.3 Å². The summed E-state index contributed by atoms with van der Waals surface area (Å²) in [6.45, 7) is 3.27. The summed E-state index contributed by atoms with van der Waals surface area (Å²) in [5.74, 6) is 0.976. The Hall–Kier alpha value is -2.14. The lowest BCUT2D eigenvalue weighted by atomic mass is 9.94. The zero-order chi connectivity index (χ0) is 15.8. The number of carbonyl (C=O) groups is 2. The molecule has 1 aromatic heterocycles. The fraction of sp³-hybridized carbons (Fsp3) is 0.444. The largest absolute Gasteiger partial charge is 0.453 e. The van der Waals surface area contributed by atoms with Crippen LogP contribution in [0.2, 0.25) is 0 Å². The van der Waals surface area contributed by atoms with E-state index < -0.39 is 0 Å². The molecule has 0 saturated carbocycles. The molecule has 0 radical (unpaired) electrons. The van der Waals surface area contributed by atoms with Crippen molar-refractivity contribution in [2.75, 3.05) is 19.6 Å². The molecule has 4 heterocycles. The van der Waals surface area contributed by atoms with E-state index in [1.165, 1.54) is 12.8 Å². The molecule has 5 rings (SSSR count). The molecule has 2 bridgehead atoms. The zero-order valence-corrected chi connectivity index (χ0v) is 13.0. The Morgan fingerprint density at radius 2 is 2.09 bits per heavy atom. The third kappa shape index (κ3) is 2.88. The summed E-state index contributed by atoms with van der Waals surface area (Å²) in [5, 5.41) is 3.96. The molecule has 1 aromatic carbocycles. The first-order valence-corrected chi connectivity index (χ1v) is 8.23. The number of aldehydes is 1. The Morgan fingerprint density at radius 3 is 2.87 bits per heavy atom. The molecule has 5 nitrogen and oxygen atoms in total. The van der Waals surface area contributed by atoms with Crippen LogP contribution in [0.3, 0.4) is 0 Å². The molecule has 3 aliphatic rings. The van der Waals surface area contributed by atoms with Crippen LogP contribution in [0.4, 0.5) is 0 Å². The van der Waals surface area contributed by atoms with Crippen molar-refractivity contribution in [3.8, 4) is 0 Å². The Balaban J connectivity index is 1.51. The van der Waals surface area contributed by atoms with Crippen LogP contribution < -0.4 is 5.32 Å². The second-order valence-electron chi connectivity index (χ2n) is 6.67. The summed E-state index contributed by atoms with van der Waals surface area (Å²) < 4.78 is 5.35. The number of nitrogens with one attached hydrogen (secondary N) is 1. The van der Waals surface area contributed by atoms with E-state index in [2.05, 4.69) is 10.2 Å². The van der Waals surface area contributed by atoms with Gasteiger partial charge in [-0.25, -0.2) is 0 Å². The maximum Gasteiger partial charge on any atom is 0.251 e. The van der Waals surface area contributed by atoms with Gasteiger partial charge in [0.25, 0.3) is 5.91 Å². The minimum Gasteiger partial charge on any atom is -0.453 e. The summed E-state index contributed by atoms with van der Waals surface area (Å²) in [4.78, 5) is 25.8. The number of benzene rings is 1. The van der Waals surface area contributed by atoms with Gasteiger partial charge in [-0.2, -0.15) is 0 Å². The van der Waals surface area contributed by atoms with Crippen molar-refractivity contribution in [2.24, 2.45) is 5.92 Å². The van der Waals surface area contributed by atoms with E-state index >= 15 is 0 Å². The number of carbonyl (C=O) groups excluding carboxylic acids is 2. The molecule has 3 saturated heterocycles. The lowest BCUT2D eigenvalue weighted by molar-refractivity contribution is 0.0928. The highest BCUT2D eigenvalue weighted by Crippen LogP contribution is 2.27. The van der Waals surface area contributed by atoms with E-state index in [9.17, 15) is 9.59 Å². The lowest BCUT2D eigenvalue weighted by Crippen LogP contribution is -2.41. The summed E-state index contributed by atoms with van der Waals surface area (Å²) >= 11 is 0. The fourth-order valence-electron chi connectivity index (χ4n) is 3.83. The van der Waals surface area contributed by atoms with Crippen LogP contribution in [0.25, 0.3) is 11.0 Å². The summed E-state index contributed by atoms with van der Waals surface area (Å²) in [6.07, 6.45) is 4.25. The molecule has 120 valence electrons. The maximum absolute atomic E-state index is 12.5. The van der Waals surface area contributed by atoms with Crippen LogP contribution in [0.1, 0.15) is 40.2 Å². The zero-order valence-electron chi connectivity index (χ0n) is 13.0. The van der Waals surface area contributed by atoms with Gasteiger partial charge in [0.2, 0.25) is 0 Å². The van der Waals surface area contributed by atoms with Crippen LogP contribution in [-0.2, 0) is 0 Å². The molecule has 1 N–H and O–H groups in total. The normalized spacial score (nSPS) is 26.9. The summed E-state index contributed by atoms with van der Waals surface area (Å²) in [6, 6.07) is 7.17. The van der Waals surface area contributed by atoms with Gasteiger partial charge >= 0.3 is 0 Å². The average molecular weight is 312 g/mol. The van der Waals surface area contributed by atoms with Crippen molar-refractivity contribution in [3.63, 3.8) is 0 Å². The molecule has 1 atom stereocenters. The second-order valence-corrected chi connectivity index (χ2v) is 6.67. The van der Waals surface area contributed by atoms with E-state index in [0.29, 0.717) is 17.4 Å². The van der Waals surface area contributed by atoms with Crippen LogP contribution in [0.5, 0.6) is 0 Å². The number of amides is 1. The monoisotopic (exact) mass is 312 g/mol.